The molecule has 0 N–H and O–H groups in total. The highest BCUT2D eigenvalue weighted by Gasteiger charge is 2.29. The Kier molecular flexibility index (Phi) is 5.81. The van der Waals surface area contributed by atoms with E-state index in [2.05, 4.69) is 21.9 Å². The third kappa shape index (κ3) is 4.58. The van der Waals surface area contributed by atoms with Gasteiger partial charge in [0.15, 0.2) is 0 Å². The van der Waals surface area contributed by atoms with Crippen LogP contribution in [0.3, 0.4) is 0 Å². The second-order valence-corrected chi connectivity index (χ2v) is 8.15. The number of piperazine rings is 1. The highest BCUT2D eigenvalue weighted by atomic mass is 19.1. The zero-order valence-corrected chi connectivity index (χ0v) is 17.3. The van der Waals surface area contributed by atoms with Gasteiger partial charge in [-0.25, -0.2) is 4.39 Å². The minimum atomic E-state index is -0.187. The molecule has 0 radical (unpaired) electrons. The standard InChI is InChI=1S/C23H29FN4O/c1-17-14-21(15-22(25-17)23-4-3-9-28(23)18(2)29)27-12-10-26(11-13-27)16-19-5-7-20(24)8-6-19/h5-8,14-15,23H,3-4,9-13,16H2,1-2H3/t23-/m1/s1. The summed E-state index contributed by atoms with van der Waals surface area (Å²) in [6, 6.07) is 11.2. The molecule has 0 spiro atoms. The van der Waals surface area contributed by atoms with E-state index in [4.69, 9.17) is 4.98 Å². The van der Waals surface area contributed by atoms with Crippen molar-refractivity contribution in [3.05, 3.63) is 59.2 Å². The van der Waals surface area contributed by atoms with Gasteiger partial charge >= 0.3 is 0 Å². The maximum atomic E-state index is 13.1. The first-order chi connectivity index (χ1) is 14.0. The molecule has 154 valence electrons. The van der Waals surface area contributed by atoms with Gasteiger partial charge in [-0.15, -0.1) is 0 Å². The van der Waals surface area contributed by atoms with Crippen LogP contribution >= 0.6 is 0 Å². The quantitative estimate of drug-likeness (QED) is 0.793. The molecule has 0 bridgehead atoms. The summed E-state index contributed by atoms with van der Waals surface area (Å²) in [4.78, 5) is 23.5. The van der Waals surface area contributed by atoms with E-state index in [0.717, 1.165) is 69.1 Å². The largest absolute Gasteiger partial charge is 0.369 e. The van der Waals surface area contributed by atoms with Gasteiger partial charge in [0.25, 0.3) is 0 Å². The lowest BCUT2D eigenvalue weighted by atomic mass is 10.1. The van der Waals surface area contributed by atoms with Crippen molar-refractivity contribution in [2.24, 2.45) is 0 Å². The molecule has 1 aromatic carbocycles. The van der Waals surface area contributed by atoms with E-state index in [9.17, 15) is 9.18 Å². The van der Waals surface area contributed by atoms with Gasteiger partial charge in [-0.3, -0.25) is 14.7 Å². The van der Waals surface area contributed by atoms with Crippen LogP contribution < -0.4 is 4.90 Å². The van der Waals surface area contributed by atoms with E-state index in [1.165, 1.54) is 17.8 Å². The minimum absolute atomic E-state index is 0.103. The number of benzene rings is 1. The molecule has 0 saturated carbocycles. The van der Waals surface area contributed by atoms with E-state index in [-0.39, 0.29) is 17.8 Å². The highest BCUT2D eigenvalue weighted by molar-refractivity contribution is 5.74. The first-order valence-electron chi connectivity index (χ1n) is 10.5. The highest BCUT2D eigenvalue weighted by Crippen LogP contribution is 2.33. The third-order valence-corrected chi connectivity index (χ3v) is 6.01. The van der Waals surface area contributed by atoms with Crippen LogP contribution in [0.1, 0.15) is 42.8 Å². The average Bonchev–Trinajstić information content (AvgIpc) is 3.20. The van der Waals surface area contributed by atoms with Gasteiger partial charge in [-0.2, -0.15) is 0 Å². The van der Waals surface area contributed by atoms with Crippen LogP contribution in [0.4, 0.5) is 10.1 Å². The second-order valence-electron chi connectivity index (χ2n) is 8.15. The maximum Gasteiger partial charge on any atom is 0.220 e. The predicted molar refractivity (Wildman–Crippen MR) is 112 cm³/mol. The number of amides is 1. The fourth-order valence-electron chi connectivity index (χ4n) is 4.49. The van der Waals surface area contributed by atoms with Crippen LogP contribution in [0.15, 0.2) is 36.4 Å². The Labute approximate surface area is 172 Å². The summed E-state index contributed by atoms with van der Waals surface area (Å²) in [7, 11) is 0. The predicted octanol–water partition coefficient (Wildman–Crippen LogP) is 3.53. The van der Waals surface area contributed by atoms with Crippen molar-refractivity contribution in [3.63, 3.8) is 0 Å². The van der Waals surface area contributed by atoms with Gasteiger partial charge in [0, 0.05) is 57.6 Å². The number of hydrogen-bond donors (Lipinski definition) is 0. The summed E-state index contributed by atoms with van der Waals surface area (Å²) in [6.45, 7) is 9.20. The van der Waals surface area contributed by atoms with Crippen molar-refractivity contribution in [2.45, 2.75) is 39.3 Å². The number of carbonyl (C=O) groups excluding carboxylic acids is 1. The van der Waals surface area contributed by atoms with E-state index in [0.29, 0.717) is 0 Å². The van der Waals surface area contributed by atoms with Crippen LogP contribution in [0, 0.1) is 12.7 Å². The van der Waals surface area contributed by atoms with Gasteiger partial charge < -0.3 is 9.80 Å². The summed E-state index contributed by atoms with van der Waals surface area (Å²) in [5, 5.41) is 0. The summed E-state index contributed by atoms with van der Waals surface area (Å²) in [6.07, 6.45) is 2.03. The Morgan fingerprint density at radius 1 is 1.10 bits per heavy atom. The van der Waals surface area contributed by atoms with E-state index in [1.807, 2.05) is 24.0 Å². The molecule has 29 heavy (non-hydrogen) atoms. The Balaban J connectivity index is 1.42. The lowest BCUT2D eigenvalue weighted by Gasteiger charge is -2.36. The van der Waals surface area contributed by atoms with E-state index >= 15 is 0 Å². The Hall–Kier alpha value is -2.47. The second kappa shape index (κ2) is 8.49. The van der Waals surface area contributed by atoms with Crippen molar-refractivity contribution in [3.8, 4) is 0 Å². The number of nitrogens with zero attached hydrogens (tertiary/aromatic N) is 4. The molecule has 3 heterocycles. The topological polar surface area (TPSA) is 39.7 Å². The number of likely N-dealkylation sites (tertiary alicyclic amines) is 1. The van der Waals surface area contributed by atoms with Crippen molar-refractivity contribution < 1.29 is 9.18 Å². The fourth-order valence-corrected chi connectivity index (χ4v) is 4.49. The first kappa shape index (κ1) is 19.8. The van der Waals surface area contributed by atoms with Gasteiger partial charge in [0.2, 0.25) is 5.91 Å². The van der Waals surface area contributed by atoms with Gasteiger partial charge in [-0.05, 0) is 49.6 Å². The molecule has 1 atom stereocenters. The Morgan fingerprint density at radius 3 is 2.52 bits per heavy atom. The fraction of sp³-hybridized carbons (Fsp3) is 0.478. The summed E-state index contributed by atoms with van der Waals surface area (Å²) < 4.78 is 13.1. The molecular formula is C23H29FN4O. The Morgan fingerprint density at radius 2 is 1.83 bits per heavy atom. The molecule has 5 nitrogen and oxygen atoms in total. The zero-order valence-electron chi connectivity index (χ0n) is 17.3. The molecule has 1 aromatic heterocycles. The average molecular weight is 397 g/mol. The van der Waals surface area contributed by atoms with Gasteiger partial charge in [0.05, 0.1) is 11.7 Å². The number of hydrogen-bond acceptors (Lipinski definition) is 4. The summed E-state index contributed by atoms with van der Waals surface area (Å²) in [5.74, 6) is -0.0557. The Bertz CT molecular complexity index is 862. The molecule has 4 rings (SSSR count). The number of anilines is 1. The van der Waals surface area contributed by atoms with Gasteiger partial charge in [-0.1, -0.05) is 12.1 Å². The molecular weight excluding hydrogens is 367 g/mol. The van der Waals surface area contributed by atoms with Crippen LogP contribution in [-0.4, -0.2) is 53.4 Å². The normalized spacial score (nSPS) is 20.3. The van der Waals surface area contributed by atoms with Crippen molar-refractivity contribution >= 4 is 11.6 Å². The molecule has 0 aliphatic carbocycles. The molecule has 2 aliphatic rings. The minimum Gasteiger partial charge on any atom is -0.369 e. The van der Waals surface area contributed by atoms with E-state index in [1.54, 1.807) is 6.92 Å². The third-order valence-electron chi connectivity index (χ3n) is 6.01. The molecule has 2 aliphatic heterocycles. The van der Waals surface area contributed by atoms with Crippen molar-refractivity contribution in [1.82, 2.24) is 14.8 Å². The van der Waals surface area contributed by atoms with Crippen molar-refractivity contribution in [2.75, 3.05) is 37.6 Å². The van der Waals surface area contributed by atoms with Crippen LogP contribution in [-0.2, 0) is 11.3 Å². The number of pyridine rings is 1. The van der Waals surface area contributed by atoms with Crippen LogP contribution in [0.2, 0.25) is 0 Å². The number of halogens is 1. The molecule has 2 saturated heterocycles. The van der Waals surface area contributed by atoms with Crippen LogP contribution in [0.25, 0.3) is 0 Å². The van der Waals surface area contributed by atoms with Crippen molar-refractivity contribution in [1.29, 1.82) is 0 Å². The molecule has 1 amide bonds. The number of aryl methyl sites for hydroxylation is 1. The monoisotopic (exact) mass is 396 g/mol. The van der Waals surface area contributed by atoms with Crippen LogP contribution in [0.5, 0.6) is 0 Å². The molecule has 0 unspecified atom stereocenters. The molecule has 6 heteroatoms. The number of aromatic nitrogens is 1. The zero-order chi connectivity index (χ0) is 20.4. The SMILES string of the molecule is CC(=O)N1CCC[C@@H]1c1cc(N2CCN(Cc3ccc(F)cc3)CC2)cc(C)n1. The number of rotatable bonds is 4. The smallest absolute Gasteiger partial charge is 0.220 e. The van der Waals surface area contributed by atoms with E-state index < -0.39 is 0 Å². The first-order valence-corrected chi connectivity index (χ1v) is 10.5. The van der Waals surface area contributed by atoms with Gasteiger partial charge in [0.1, 0.15) is 5.82 Å². The lowest BCUT2D eigenvalue weighted by molar-refractivity contribution is -0.129. The maximum absolute atomic E-state index is 13.1. The molecule has 2 fully saturated rings. The summed E-state index contributed by atoms with van der Waals surface area (Å²) in [5.41, 5.74) is 4.36. The summed E-state index contributed by atoms with van der Waals surface area (Å²) >= 11 is 0. The lowest BCUT2D eigenvalue weighted by Crippen LogP contribution is -2.46. The molecule has 2 aromatic rings. The number of carbonyl (C=O) groups is 1.